The van der Waals surface area contributed by atoms with Crippen LogP contribution in [-0.2, 0) is 5.41 Å². The second-order valence-corrected chi connectivity index (χ2v) is 17.3. The average Bonchev–Trinajstić information content (AvgIpc) is 3.98. The van der Waals surface area contributed by atoms with Gasteiger partial charge in [0.15, 0.2) is 17.5 Å². The number of aromatic nitrogens is 3. The molecule has 13 rings (SSSR count). The van der Waals surface area contributed by atoms with Gasteiger partial charge in [-0.3, -0.25) is 0 Å². The molecule has 11 aromatic rings. The first-order chi connectivity index (χ1) is 30.7. The van der Waals surface area contributed by atoms with Gasteiger partial charge in [-0.25, -0.2) is 15.0 Å². The fourth-order valence-corrected chi connectivity index (χ4v) is 11.3. The number of hydrogen-bond acceptors (Lipinski definition) is 4. The second kappa shape index (κ2) is 13.6. The van der Waals surface area contributed by atoms with Gasteiger partial charge in [-0.2, -0.15) is 0 Å². The molecule has 288 valence electrons. The van der Waals surface area contributed by atoms with Crippen molar-refractivity contribution in [2.75, 3.05) is 0 Å². The standard InChI is InChI=1S/C58H35N3S/c1-3-15-37(16-4-1)55-59-56(38-17-5-2-6-18-38)61-57(60-55)39-29-27-36(28-30-39)46-35-52-47(34-45(46)40-31-32-54-48(33-40)44-22-10-14-26-53(44)62-54)43-21-9-13-25-51(43)58(52)49-23-11-7-19-41(49)42-20-8-12-24-50(42)58/h1-35H. The van der Waals surface area contributed by atoms with Gasteiger partial charge in [0.2, 0.25) is 0 Å². The van der Waals surface area contributed by atoms with Crippen LogP contribution in [0, 0.1) is 0 Å². The van der Waals surface area contributed by atoms with E-state index < -0.39 is 5.41 Å². The molecule has 0 aliphatic heterocycles. The van der Waals surface area contributed by atoms with Gasteiger partial charge in [-0.1, -0.05) is 182 Å². The minimum absolute atomic E-state index is 0.452. The topological polar surface area (TPSA) is 38.7 Å². The van der Waals surface area contributed by atoms with Gasteiger partial charge in [0, 0.05) is 36.9 Å². The van der Waals surface area contributed by atoms with Gasteiger partial charge >= 0.3 is 0 Å². The Morgan fingerprint density at radius 2 is 0.710 bits per heavy atom. The van der Waals surface area contributed by atoms with Gasteiger partial charge in [-0.15, -0.1) is 11.3 Å². The van der Waals surface area contributed by atoms with E-state index in [9.17, 15) is 0 Å². The summed E-state index contributed by atoms with van der Waals surface area (Å²) in [6.45, 7) is 0. The third-order valence-electron chi connectivity index (χ3n) is 13.0. The number of fused-ring (bicyclic) bond motifs is 13. The zero-order valence-corrected chi connectivity index (χ0v) is 34.3. The van der Waals surface area contributed by atoms with E-state index in [4.69, 9.17) is 15.0 Å². The van der Waals surface area contributed by atoms with E-state index in [0.717, 1.165) is 22.3 Å². The summed E-state index contributed by atoms with van der Waals surface area (Å²) in [4.78, 5) is 15.1. The van der Waals surface area contributed by atoms with Crippen molar-refractivity contribution in [1.29, 1.82) is 0 Å². The molecule has 0 amide bonds. The van der Waals surface area contributed by atoms with Crippen molar-refractivity contribution in [3.8, 4) is 78.7 Å². The van der Waals surface area contributed by atoms with Gasteiger partial charge in [0.1, 0.15) is 0 Å². The van der Waals surface area contributed by atoms with Gasteiger partial charge in [0.05, 0.1) is 5.41 Å². The molecular weight excluding hydrogens is 771 g/mol. The summed E-state index contributed by atoms with van der Waals surface area (Å²) in [5.41, 5.74) is 17.6. The number of thiophene rings is 1. The zero-order valence-electron chi connectivity index (χ0n) is 33.5. The summed E-state index contributed by atoms with van der Waals surface area (Å²) < 4.78 is 2.61. The first-order valence-corrected chi connectivity index (χ1v) is 21.9. The lowest BCUT2D eigenvalue weighted by molar-refractivity contribution is 0.794. The Kier molecular flexibility index (Phi) is 7.69. The summed E-state index contributed by atoms with van der Waals surface area (Å²) in [5.74, 6) is 1.94. The number of benzene rings is 9. The molecule has 2 aromatic heterocycles. The Morgan fingerprint density at radius 3 is 1.31 bits per heavy atom. The molecule has 2 aliphatic rings. The maximum atomic E-state index is 5.06. The smallest absolute Gasteiger partial charge is 0.164 e. The highest BCUT2D eigenvalue weighted by molar-refractivity contribution is 7.25. The molecule has 0 radical (unpaired) electrons. The molecular formula is C58H35N3S. The average molecular weight is 806 g/mol. The van der Waals surface area contributed by atoms with E-state index in [0.29, 0.717) is 17.5 Å². The SMILES string of the molecule is c1ccc(-c2nc(-c3ccccc3)nc(-c3ccc(-c4cc5c(cc4-c4ccc6sc7ccccc7c6c4)-c4ccccc4C54c5ccccc5-c5ccccc54)cc3)n2)cc1. The molecule has 0 N–H and O–H groups in total. The second-order valence-electron chi connectivity index (χ2n) is 16.3. The normalized spacial score (nSPS) is 13.0. The van der Waals surface area contributed by atoms with Crippen molar-refractivity contribution < 1.29 is 0 Å². The van der Waals surface area contributed by atoms with Crippen LogP contribution in [0.25, 0.3) is 98.8 Å². The fraction of sp³-hybridized carbons (Fsp3) is 0.0172. The van der Waals surface area contributed by atoms with Crippen LogP contribution in [0.2, 0.25) is 0 Å². The molecule has 62 heavy (non-hydrogen) atoms. The number of nitrogens with zero attached hydrogens (tertiary/aromatic N) is 3. The molecule has 2 heterocycles. The maximum absolute atomic E-state index is 5.06. The van der Waals surface area contributed by atoms with Crippen molar-refractivity contribution in [1.82, 2.24) is 15.0 Å². The highest BCUT2D eigenvalue weighted by atomic mass is 32.1. The highest BCUT2D eigenvalue weighted by Gasteiger charge is 2.51. The Labute approximate surface area is 363 Å². The van der Waals surface area contributed by atoms with E-state index in [1.165, 1.54) is 81.4 Å². The fourth-order valence-electron chi connectivity index (χ4n) is 10.2. The van der Waals surface area contributed by atoms with E-state index >= 15 is 0 Å². The van der Waals surface area contributed by atoms with Crippen LogP contribution in [0.5, 0.6) is 0 Å². The maximum Gasteiger partial charge on any atom is 0.164 e. The van der Waals surface area contributed by atoms with Crippen molar-refractivity contribution in [3.05, 3.63) is 235 Å². The molecule has 3 nitrogen and oxygen atoms in total. The third-order valence-corrected chi connectivity index (χ3v) is 14.1. The van der Waals surface area contributed by atoms with Gasteiger partial charge in [0.25, 0.3) is 0 Å². The first-order valence-electron chi connectivity index (χ1n) is 21.1. The van der Waals surface area contributed by atoms with E-state index in [1.807, 2.05) is 47.7 Å². The summed E-state index contributed by atoms with van der Waals surface area (Å²) in [6, 6.07) is 77.1. The van der Waals surface area contributed by atoms with Crippen LogP contribution in [0.4, 0.5) is 0 Å². The quantitative estimate of drug-likeness (QED) is 0.174. The lowest BCUT2D eigenvalue weighted by atomic mass is 9.70. The molecule has 2 aliphatic carbocycles. The molecule has 4 heteroatoms. The molecule has 0 unspecified atom stereocenters. The van der Waals surface area contributed by atoms with Crippen LogP contribution in [-0.4, -0.2) is 15.0 Å². The lowest BCUT2D eigenvalue weighted by Gasteiger charge is -2.31. The van der Waals surface area contributed by atoms with Gasteiger partial charge in [-0.05, 0) is 97.1 Å². The summed E-state index contributed by atoms with van der Waals surface area (Å²) in [7, 11) is 0. The Hall–Kier alpha value is -7.79. The van der Waals surface area contributed by atoms with Crippen LogP contribution in [0.3, 0.4) is 0 Å². The Morgan fingerprint density at radius 1 is 0.274 bits per heavy atom. The Balaban J connectivity index is 1.04. The third kappa shape index (κ3) is 5.14. The molecule has 9 aromatic carbocycles. The molecule has 0 atom stereocenters. The molecule has 1 spiro atoms. The predicted molar refractivity (Wildman–Crippen MR) is 256 cm³/mol. The first kappa shape index (κ1) is 35.0. The monoisotopic (exact) mass is 805 g/mol. The molecule has 0 saturated carbocycles. The minimum Gasteiger partial charge on any atom is -0.208 e. The van der Waals surface area contributed by atoms with E-state index in [-0.39, 0.29) is 0 Å². The van der Waals surface area contributed by atoms with Crippen molar-refractivity contribution >= 4 is 31.5 Å². The lowest BCUT2D eigenvalue weighted by Crippen LogP contribution is -2.25. The van der Waals surface area contributed by atoms with E-state index in [2.05, 4.69) is 176 Å². The van der Waals surface area contributed by atoms with Crippen LogP contribution in [0.1, 0.15) is 22.3 Å². The molecule has 0 bridgehead atoms. The van der Waals surface area contributed by atoms with Crippen LogP contribution >= 0.6 is 11.3 Å². The van der Waals surface area contributed by atoms with Crippen molar-refractivity contribution in [2.24, 2.45) is 0 Å². The van der Waals surface area contributed by atoms with Crippen molar-refractivity contribution in [3.63, 3.8) is 0 Å². The zero-order chi connectivity index (χ0) is 40.8. The summed E-state index contributed by atoms with van der Waals surface area (Å²) in [6.07, 6.45) is 0. The molecule has 0 saturated heterocycles. The van der Waals surface area contributed by atoms with E-state index in [1.54, 1.807) is 0 Å². The minimum atomic E-state index is -0.452. The van der Waals surface area contributed by atoms with Gasteiger partial charge < -0.3 is 0 Å². The predicted octanol–water partition coefficient (Wildman–Crippen LogP) is 14.9. The largest absolute Gasteiger partial charge is 0.208 e. The van der Waals surface area contributed by atoms with Crippen molar-refractivity contribution in [2.45, 2.75) is 5.41 Å². The van der Waals surface area contributed by atoms with Crippen LogP contribution < -0.4 is 0 Å². The summed E-state index contributed by atoms with van der Waals surface area (Å²) in [5, 5.41) is 2.59. The number of hydrogen-bond donors (Lipinski definition) is 0. The molecule has 0 fully saturated rings. The Bertz CT molecular complexity index is 3470. The van der Waals surface area contributed by atoms with Crippen LogP contribution in [0.15, 0.2) is 212 Å². The summed E-state index contributed by atoms with van der Waals surface area (Å²) >= 11 is 1.86. The highest BCUT2D eigenvalue weighted by Crippen LogP contribution is 2.63. The number of rotatable bonds is 5.